The van der Waals surface area contributed by atoms with Gasteiger partial charge in [0.2, 0.25) is 17.7 Å². The van der Waals surface area contributed by atoms with Crippen LogP contribution in [0.4, 0.5) is 0 Å². The fourth-order valence-electron chi connectivity index (χ4n) is 1.22. The largest absolute Gasteiger partial charge is 0.480 e. The zero-order valence-electron chi connectivity index (χ0n) is 10.8. The number of carboxylic acid groups (broad SMARTS) is 1. The molecule has 20 heavy (non-hydrogen) atoms. The molecule has 0 aromatic heterocycles. The lowest BCUT2D eigenvalue weighted by Crippen LogP contribution is -2.52. The van der Waals surface area contributed by atoms with Gasteiger partial charge in [-0.05, 0) is 6.92 Å². The maximum absolute atomic E-state index is 11.4. The lowest BCUT2D eigenvalue weighted by Gasteiger charge is -2.17. The molecular formula is C10H18N4O6. The Morgan fingerprint density at radius 3 is 2.20 bits per heavy atom. The average Bonchev–Trinajstić information content (AvgIpc) is 2.31. The van der Waals surface area contributed by atoms with Crippen molar-refractivity contribution >= 4 is 23.7 Å². The number of carboxylic acids is 1. The summed E-state index contributed by atoms with van der Waals surface area (Å²) in [6, 6.07) is -2.67. The highest BCUT2D eigenvalue weighted by Gasteiger charge is 2.25. The van der Waals surface area contributed by atoms with Crippen LogP contribution in [0.3, 0.4) is 0 Å². The quantitative estimate of drug-likeness (QED) is 0.265. The van der Waals surface area contributed by atoms with E-state index in [1.807, 2.05) is 5.32 Å². The molecule has 0 fully saturated rings. The number of aliphatic carboxylic acids is 1. The summed E-state index contributed by atoms with van der Waals surface area (Å²) < 4.78 is 0. The molecule has 0 aromatic carbocycles. The third-order valence-corrected chi connectivity index (χ3v) is 2.25. The monoisotopic (exact) mass is 290 g/mol. The third kappa shape index (κ3) is 6.66. The van der Waals surface area contributed by atoms with Gasteiger partial charge in [0.25, 0.3) is 0 Å². The van der Waals surface area contributed by atoms with Crippen molar-refractivity contribution in [3.8, 4) is 0 Å². The van der Waals surface area contributed by atoms with Gasteiger partial charge in [-0.2, -0.15) is 0 Å². The SMILES string of the molecule is C[C@@H](O)[C@H](NC(=O)CNC(=O)[C@@H](N)CC(N)=O)C(=O)O. The van der Waals surface area contributed by atoms with Crippen LogP contribution in [0, 0.1) is 0 Å². The zero-order chi connectivity index (χ0) is 15.9. The van der Waals surface area contributed by atoms with Gasteiger partial charge < -0.3 is 32.3 Å². The molecule has 0 aromatic rings. The van der Waals surface area contributed by atoms with E-state index in [2.05, 4.69) is 5.32 Å². The van der Waals surface area contributed by atoms with Crippen molar-refractivity contribution in [1.82, 2.24) is 10.6 Å². The summed E-state index contributed by atoms with van der Waals surface area (Å²) >= 11 is 0. The van der Waals surface area contributed by atoms with E-state index < -0.39 is 48.4 Å². The molecule has 0 aliphatic carbocycles. The van der Waals surface area contributed by atoms with Crippen molar-refractivity contribution in [3.63, 3.8) is 0 Å². The molecule has 0 unspecified atom stereocenters. The molecule has 0 saturated carbocycles. The van der Waals surface area contributed by atoms with Crippen LogP contribution in [0.2, 0.25) is 0 Å². The summed E-state index contributed by atoms with van der Waals surface area (Å²) in [5.74, 6) is -3.77. The number of nitrogens with two attached hydrogens (primary N) is 2. The molecule has 10 nitrogen and oxygen atoms in total. The number of aliphatic hydroxyl groups is 1. The molecule has 0 rings (SSSR count). The Morgan fingerprint density at radius 1 is 1.25 bits per heavy atom. The van der Waals surface area contributed by atoms with Gasteiger partial charge in [0.05, 0.1) is 25.1 Å². The zero-order valence-corrected chi connectivity index (χ0v) is 10.8. The average molecular weight is 290 g/mol. The number of rotatable bonds is 8. The smallest absolute Gasteiger partial charge is 0.328 e. The Morgan fingerprint density at radius 2 is 1.80 bits per heavy atom. The number of nitrogens with one attached hydrogen (secondary N) is 2. The second-order valence-electron chi connectivity index (χ2n) is 4.12. The van der Waals surface area contributed by atoms with Crippen LogP contribution >= 0.6 is 0 Å². The van der Waals surface area contributed by atoms with Crippen LogP contribution in [0.5, 0.6) is 0 Å². The molecule has 114 valence electrons. The predicted molar refractivity (Wildman–Crippen MR) is 66.0 cm³/mol. The Labute approximate surface area is 114 Å². The number of hydrogen-bond donors (Lipinski definition) is 6. The van der Waals surface area contributed by atoms with Crippen molar-refractivity contribution in [1.29, 1.82) is 0 Å². The van der Waals surface area contributed by atoms with Gasteiger partial charge in [-0.15, -0.1) is 0 Å². The van der Waals surface area contributed by atoms with E-state index in [1.165, 1.54) is 6.92 Å². The van der Waals surface area contributed by atoms with Crippen molar-refractivity contribution in [3.05, 3.63) is 0 Å². The summed E-state index contributed by atoms with van der Waals surface area (Å²) in [5.41, 5.74) is 10.2. The van der Waals surface area contributed by atoms with Crippen LogP contribution in [0.15, 0.2) is 0 Å². The molecule has 3 amide bonds. The van der Waals surface area contributed by atoms with Crippen molar-refractivity contribution < 1.29 is 29.4 Å². The van der Waals surface area contributed by atoms with E-state index in [9.17, 15) is 19.2 Å². The van der Waals surface area contributed by atoms with Crippen molar-refractivity contribution in [2.75, 3.05) is 6.54 Å². The van der Waals surface area contributed by atoms with Gasteiger partial charge in [0.1, 0.15) is 0 Å². The first kappa shape index (κ1) is 17.8. The van der Waals surface area contributed by atoms with Crippen LogP contribution < -0.4 is 22.1 Å². The lowest BCUT2D eigenvalue weighted by molar-refractivity contribution is -0.144. The summed E-state index contributed by atoms with van der Waals surface area (Å²) in [6.07, 6.45) is -1.68. The van der Waals surface area contributed by atoms with Crippen LogP contribution in [0.25, 0.3) is 0 Å². The number of primary amides is 1. The number of aliphatic hydroxyl groups excluding tert-OH is 1. The van der Waals surface area contributed by atoms with E-state index in [1.54, 1.807) is 0 Å². The van der Waals surface area contributed by atoms with Gasteiger partial charge in [-0.1, -0.05) is 0 Å². The van der Waals surface area contributed by atoms with Gasteiger partial charge >= 0.3 is 5.97 Å². The molecule has 0 radical (unpaired) electrons. The molecular weight excluding hydrogens is 272 g/mol. The van der Waals surface area contributed by atoms with Crippen LogP contribution in [-0.2, 0) is 19.2 Å². The minimum atomic E-state index is -1.49. The molecule has 0 spiro atoms. The van der Waals surface area contributed by atoms with Crippen LogP contribution in [0.1, 0.15) is 13.3 Å². The molecule has 10 heteroatoms. The Kier molecular flexibility index (Phi) is 7.18. The van der Waals surface area contributed by atoms with E-state index in [4.69, 9.17) is 21.7 Å². The van der Waals surface area contributed by atoms with E-state index in [0.717, 1.165) is 0 Å². The standard InChI is InChI=1S/C10H18N4O6/c1-4(15)8(10(19)20)14-7(17)3-13-9(18)5(11)2-6(12)16/h4-5,8,15H,2-3,11H2,1H3,(H2,12,16)(H,13,18)(H,14,17)(H,19,20)/t4-,5+,8+/m1/s1. The third-order valence-electron chi connectivity index (χ3n) is 2.25. The van der Waals surface area contributed by atoms with E-state index in [0.29, 0.717) is 0 Å². The fraction of sp³-hybridized carbons (Fsp3) is 0.600. The summed E-state index contributed by atoms with van der Waals surface area (Å²) in [6.45, 7) is 0.655. The first-order chi connectivity index (χ1) is 9.15. The maximum atomic E-state index is 11.4. The van der Waals surface area contributed by atoms with Gasteiger partial charge in [-0.25, -0.2) is 4.79 Å². The molecule has 0 saturated heterocycles. The summed E-state index contributed by atoms with van der Waals surface area (Å²) in [4.78, 5) is 44.0. The molecule has 0 heterocycles. The predicted octanol–water partition coefficient (Wildman–Crippen LogP) is -3.74. The number of hydrogen-bond acceptors (Lipinski definition) is 6. The van der Waals surface area contributed by atoms with Crippen molar-refractivity contribution in [2.45, 2.75) is 31.5 Å². The highest BCUT2D eigenvalue weighted by Crippen LogP contribution is 1.93. The molecule has 3 atom stereocenters. The Balaban J connectivity index is 4.25. The highest BCUT2D eigenvalue weighted by atomic mass is 16.4. The van der Waals surface area contributed by atoms with Crippen molar-refractivity contribution in [2.24, 2.45) is 11.5 Å². The number of amides is 3. The van der Waals surface area contributed by atoms with Gasteiger partial charge in [0, 0.05) is 0 Å². The Bertz CT molecular complexity index is 397. The first-order valence-corrected chi connectivity index (χ1v) is 5.67. The molecule has 8 N–H and O–H groups in total. The molecule has 0 aliphatic rings. The fourth-order valence-corrected chi connectivity index (χ4v) is 1.22. The molecule has 0 bridgehead atoms. The van der Waals surface area contributed by atoms with Gasteiger partial charge in [-0.3, -0.25) is 14.4 Å². The maximum Gasteiger partial charge on any atom is 0.328 e. The molecule has 0 aliphatic heterocycles. The second-order valence-corrected chi connectivity index (χ2v) is 4.12. The summed E-state index contributed by atoms with van der Waals surface area (Å²) in [7, 11) is 0. The highest BCUT2D eigenvalue weighted by molar-refractivity contribution is 5.91. The van der Waals surface area contributed by atoms with E-state index in [-0.39, 0.29) is 6.42 Å². The topological polar surface area (TPSA) is 185 Å². The lowest BCUT2D eigenvalue weighted by atomic mass is 10.2. The second kappa shape index (κ2) is 8.07. The number of carbonyl (C=O) groups is 4. The van der Waals surface area contributed by atoms with Gasteiger partial charge in [0.15, 0.2) is 6.04 Å². The Hall–Kier alpha value is -2.20. The van der Waals surface area contributed by atoms with E-state index >= 15 is 0 Å². The number of carbonyl (C=O) groups excluding carboxylic acids is 3. The first-order valence-electron chi connectivity index (χ1n) is 5.67. The minimum absolute atomic E-state index is 0.376. The van der Waals surface area contributed by atoms with Crippen LogP contribution in [-0.4, -0.2) is 58.6 Å². The normalized spacial score (nSPS) is 14.8. The summed E-state index contributed by atoms with van der Waals surface area (Å²) in [5, 5.41) is 22.0. The minimum Gasteiger partial charge on any atom is -0.480 e.